The predicted molar refractivity (Wildman–Crippen MR) is 86.1 cm³/mol. The summed E-state index contributed by atoms with van der Waals surface area (Å²) in [5.74, 6) is 0.411. The molecule has 0 saturated carbocycles. The molecule has 0 aliphatic heterocycles. The van der Waals surface area contributed by atoms with E-state index in [0.717, 1.165) is 23.1 Å². The molecular weight excluding hydrogens is 244 g/mol. The molecule has 2 aromatic carbocycles. The Morgan fingerprint density at radius 2 is 1.70 bits per heavy atom. The molecule has 0 saturated heterocycles. The SMILES string of the molecule is CCCCCCc1cc(C)c(O)c(-c2ccccc2)c1. The Kier molecular flexibility index (Phi) is 5.23. The second-order valence-corrected chi connectivity index (χ2v) is 5.49. The van der Waals surface area contributed by atoms with E-state index in [-0.39, 0.29) is 0 Å². The summed E-state index contributed by atoms with van der Waals surface area (Å²) in [6, 6.07) is 14.4. The van der Waals surface area contributed by atoms with E-state index in [0.29, 0.717) is 5.75 Å². The molecule has 0 bridgehead atoms. The van der Waals surface area contributed by atoms with Crippen molar-refractivity contribution in [3.63, 3.8) is 0 Å². The van der Waals surface area contributed by atoms with E-state index < -0.39 is 0 Å². The summed E-state index contributed by atoms with van der Waals surface area (Å²) in [4.78, 5) is 0. The highest BCUT2D eigenvalue weighted by Gasteiger charge is 2.09. The maximum absolute atomic E-state index is 10.3. The molecule has 0 aliphatic rings. The minimum Gasteiger partial charge on any atom is -0.507 e. The zero-order chi connectivity index (χ0) is 14.4. The van der Waals surface area contributed by atoms with Gasteiger partial charge in [-0.2, -0.15) is 0 Å². The van der Waals surface area contributed by atoms with E-state index in [2.05, 4.69) is 31.2 Å². The molecule has 2 aromatic rings. The smallest absolute Gasteiger partial charge is 0.126 e. The Balaban J connectivity index is 2.22. The van der Waals surface area contributed by atoms with Crippen molar-refractivity contribution in [2.75, 3.05) is 0 Å². The van der Waals surface area contributed by atoms with Crippen LogP contribution in [0.1, 0.15) is 43.7 Å². The molecular formula is C19H24O. The van der Waals surface area contributed by atoms with Gasteiger partial charge in [0.15, 0.2) is 0 Å². The lowest BCUT2D eigenvalue weighted by atomic mass is 9.96. The van der Waals surface area contributed by atoms with Crippen LogP contribution < -0.4 is 0 Å². The summed E-state index contributed by atoms with van der Waals surface area (Å²) < 4.78 is 0. The zero-order valence-electron chi connectivity index (χ0n) is 12.5. The molecule has 20 heavy (non-hydrogen) atoms. The van der Waals surface area contributed by atoms with Crippen molar-refractivity contribution < 1.29 is 5.11 Å². The fourth-order valence-corrected chi connectivity index (χ4v) is 2.59. The van der Waals surface area contributed by atoms with Crippen molar-refractivity contribution >= 4 is 0 Å². The molecule has 1 nitrogen and oxygen atoms in total. The molecule has 1 heteroatoms. The minimum atomic E-state index is 0.411. The van der Waals surface area contributed by atoms with E-state index in [1.54, 1.807) is 0 Å². The third-order valence-corrected chi connectivity index (χ3v) is 3.76. The van der Waals surface area contributed by atoms with Gasteiger partial charge in [-0.1, -0.05) is 62.6 Å². The van der Waals surface area contributed by atoms with Crippen LogP contribution in [0.2, 0.25) is 0 Å². The molecule has 0 amide bonds. The number of aryl methyl sites for hydroxylation is 2. The largest absolute Gasteiger partial charge is 0.507 e. The second kappa shape index (κ2) is 7.14. The Bertz CT molecular complexity index is 543. The lowest BCUT2D eigenvalue weighted by Gasteiger charge is -2.11. The van der Waals surface area contributed by atoms with Crippen LogP contribution in [-0.2, 0) is 6.42 Å². The van der Waals surface area contributed by atoms with Crippen molar-refractivity contribution in [1.82, 2.24) is 0 Å². The third kappa shape index (κ3) is 3.63. The first-order chi connectivity index (χ1) is 9.72. The summed E-state index contributed by atoms with van der Waals surface area (Å²) in [6.07, 6.45) is 6.19. The topological polar surface area (TPSA) is 20.2 Å². The van der Waals surface area contributed by atoms with Gasteiger partial charge >= 0.3 is 0 Å². The molecule has 0 heterocycles. The van der Waals surface area contributed by atoms with E-state index >= 15 is 0 Å². The summed E-state index contributed by atoms with van der Waals surface area (Å²) in [6.45, 7) is 4.22. The van der Waals surface area contributed by atoms with Crippen LogP contribution in [0, 0.1) is 6.92 Å². The van der Waals surface area contributed by atoms with E-state index in [4.69, 9.17) is 0 Å². The van der Waals surface area contributed by atoms with E-state index in [1.807, 2.05) is 25.1 Å². The summed E-state index contributed by atoms with van der Waals surface area (Å²) in [7, 11) is 0. The monoisotopic (exact) mass is 268 g/mol. The molecule has 0 atom stereocenters. The average Bonchev–Trinajstić information content (AvgIpc) is 2.48. The molecule has 0 fully saturated rings. The normalized spacial score (nSPS) is 10.7. The fourth-order valence-electron chi connectivity index (χ4n) is 2.59. The fraction of sp³-hybridized carbons (Fsp3) is 0.368. The minimum absolute atomic E-state index is 0.411. The molecule has 0 radical (unpaired) electrons. The molecule has 1 N–H and O–H groups in total. The first-order valence-corrected chi connectivity index (χ1v) is 7.60. The van der Waals surface area contributed by atoms with Crippen LogP contribution in [0.4, 0.5) is 0 Å². The zero-order valence-corrected chi connectivity index (χ0v) is 12.5. The standard InChI is InChI=1S/C19H24O/c1-3-4-5-7-10-16-13-15(2)19(20)18(14-16)17-11-8-6-9-12-17/h6,8-9,11-14,20H,3-5,7,10H2,1-2H3. The number of hydrogen-bond acceptors (Lipinski definition) is 1. The Hall–Kier alpha value is -1.76. The maximum atomic E-state index is 10.3. The van der Waals surface area contributed by atoms with Gasteiger partial charge in [0.25, 0.3) is 0 Å². The van der Waals surface area contributed by atoms with Gasteiger partial charge in [0.05, 0.1) is 0 Å². The summed E-state index contributed by atoms with van der Waals surface area (Å²) in [5.41, 5.74) is 4.34. The molecule has 106 valence electrons. The van der Waals surface area contributed by atoms with Gasteiger partial charge in [-0.3, -0.25) is 0 Å². The number of phenolic OH excluding ortho intramolecular Hbond substituents is 1. The van der Waals surface area contributed by atoms with Gasteiger partial charge in [0.2, 0.25) is 0 Å². The van der Waals surface area contributed by atoms with Crippen LogP contribution >= 0.6 is 0 Å². The number of benzene rings is 2. The second-order valence-electron chi connectivity index (χ2n) is 5.49. The van der Waals surface area contributed by atoms with Crippen molar-refractivity contribution in [1.29, 1.82) is 0 Å². The number of phenols is 1. The summed E-state index contributed by atoms with van der Waals surface area (Å²) >= 11 is 0. The van der Waals surface area contributed by atoms with Gasteiger partial charge in [-0.05, 0) is 42.5 Å². The highest BCUT2D eigenvalue weighted by Crippen LogP contribution is 2.33. The van der Waals surface area contributed by atoms with Crippen molar-refractivity contribution in [3.05, 3.63) is 53.6 Å². The Morgan fingerprint density at radius 3 is 2.40 bits per heavy atom. The van der Waals surface area contributed by atoms with Gasteiger partial charge in [0, 0.05) is 5.56 Å². The number of unbranched alkanes of at least 4 members (excludes halogenated alkanes) is 3. The highest BCUT2D eigenvalue weighted by atomic mass is 16.3. The maximum Gasteiger partial charge on any atom is 0.126 e. The van der Waals surface area contributed by atoms with Crippen LogP contribution in [0.25, 0.3) is 11.1 Å². The van der Waals surface area contributed by atoms with E-state index in [9.17, 15) is 5.11 Å². The Labute approximate surface area is 122 Å². The van der Waals surface area contributed by atoms with Gasteiger partial charge < -0.3 is 5.11 Å². The first kappa shape index (κ1) is 14.6. The predicted octanol–water partition coefficient (Wildman–Crippen LogP) is 5.49. The molecule has 0 aliphatic carbocycles. The average molecular weight is 268 g/mol. The highest BCUT2D eigenvalue weighted by molar-refractivity contribution is 5.72. The van der Waals surface area contributed by atoms with Gasteiger partial charge in [0.1, 0.15) is 5.75 Å². The van der Waals surface area contributed by atoms with Crippen LogP contribution in [0.5, 0.6) is 5.75 Å². The van der Waals surface area contributed by atoms with Crippen LogP contribution in [-0.4, -0.2) is 5.11 Å². The third-order valence-electron chi connectivity index (χ3n) is 3.76. The number of hydrogen-bond donors (Lipinski definition) is 1. The lowest BCUT2D eigenvalue weighted by Crippen LogP contribution is -1.91. The number of aromatic hydroxyl groups is 1. The molecule has 0 aromatic heterocycles. The van der Waals surface area contributed by atoms with Gasteiger partial charge in [-0.25, -0.2) is 0 Å². The Morgan fingerprint density at radius 1 is 0.950 bits per heavy atom. The van der Waals surface area contributed by atoms with Crippen molar-refractivity contribution in [3.8, 4) is 16.9 Å². The van der Waals surface area contributed by atoms with Crippen LogP contribution in [0.15, 0.2) is 42.5 Å². The first-order valence-electron chi connectivity index (χ1n) is 7.60. The summed E-state index contributed by atoms with van der Waals surface area (Å²) in [5, 5.41) is 10.3. The molecule has 0 spiro atoms. The molecule has 0 unspecified atom stereocenters. The van der Waals surface area contributed by atoms with Crippen molar-refractivity contribution in [2.45, 2.75) is 46.0 Å². The van der Waals surface area contributed by atoms with Crippen molar-refractivity contribution in [2.24, 2.45) is 0 Å². The quantitative estimate of drug-likeness (QED) is 0.687. The van der Waals surface area contributed by atoms with Gasteiger partial charge in [-0.15, -0.1) is 0 Å². The van der Waals surface area contributed by atoms with Crippen LogP contribution in [0.3, 0.4) is 0 Å². The molecule has 2 rings (SSSR count). The lowest BCUT2D eigenvalue weighted by molar-refractivity contribution is 0.473. The number of rotatable bonds is 6. The van der Waals surface area contributed by atoms with E-state index in [1.165, 1.54) is 31.2 Å².